The van der Waals surface area contributed by atoms with Crippen LogP contribution in [0.4, 0.5) is 4.39 Å². The molecule has 1 N–H and O–H groups in total. The highest BCUT2D eigenvalue weighted by Crippen LogP contribution is 2.29. The van der Waals surface area contributed by atoms with E-state index in [9.17, 15) is 12.8 Å². The number of aromatic hydroxyl groups is 1. The van der Waals surface area contributed by atoms with Gasteiger partial charge in [0.2, 0.25) is 0 Å². The van der Waals surface area contributed by atoms with Crippen LogP contribution < -0.4 is 0 Å². The first-order valence-electron chi connectivity index (χ1n) is 3.74. The zero-order chi connectivity index (χ0) is 10.9. The molecule has 1 unspecified atom stereocenters. The summed E-state index contributed by atoms with van der Waals surface area (Å²) in [6, 6.07) is 3.41. The van der Waals surface area contributed by atoms with E-state index in [0.717, 1.165) is 12.1 Å². The van der Waals surface area contributed by atoms with Crippen molar-refractivity contribution in [3.05, 3.63) is 23.8 Å². The molecule has 0 aliphatic heterocycles. The first-order chi connectivity index (χ1) is 6.32. The number of hydrogen-bond acceptors (Lipinski definition) is 3. The molecule has 1 aromatic rings. The van der Waals surface area contributed by atoms with E-state index < -0.39 is 25.9 Å². The first-order valence-corrected chi connectivity index (χ1v) is 6.05. The first kappa shape index (κ1) is 11.3. The highest BCUT2D eigenvalue weighted by molar-refractivity contribution is 8.13. The van der Waals surface area contributed by atoms with Gasteiger partial charge in [-0.2, -0.15) is 0 Å². The van der Waals surface area contributed by atoms with Crippen LogP contribution in [-0.2, 0) is 9.05 Å². The number of halogens is 2. The van der Waals surface area contributed by atoms with Crippen molar-refractivity contribution >= 4 is 19.7 Å². The predicted octanol–water partition coefficient (Wildman–Crippen LogP) is 2.35. The fourth-order valence-corrected chi connectivity index (χ4v) is 1.94. The average molecular weight is 239 g/mol. The molecule has 6 heteroatoms. The van der Waals surface area contributed by atoms with E-state index in [1.54, 1.807) is 0 Å². The molecule has 0 fully saturated rings. The molecular weight excluding hydrogens is 231 g/mol. The Morgan fingerprint density at radius 3 is 2.50 bits per heavy atom. The Hall–Kier alpha value is -0.810. The van der Waals surface area contributed by atoms with Gasteiger partial charge in [0.15, 0.2) is 0 Å². The molecule has 0 aliphatic carbocycles. The van der Waals surface area contributed by atoms with Gasteiger partial charge in [-0.1, -0.05) is 6.07 Å². The summed E-state index contributed by atoms with van der Waals surface area (Å²) >= 11 is 0. The van der Waals surface area contributed by atoms with Crippen LogP contribution in [0.15, 0.2) is 23.1 Å². The van der Waals surface area contributed by atoms with Gasteiger partial charge in [-0.15, -0.1) is 0 Å². The molecule has 0 heterocycles. The van der Waals surface area contributed by atoms with Crippen LogP contribution in [0.1, 0.15) is 18.7 Å². The molecule has 0 bridgehead atoms. The highest BCUT2D eigenvalue weighted by Gasteiger charge is 2.17. The third kappa shape index (κ3) is 2.36. The van der Waals surface area contributed by atoms with E-state index in [0.29, 0.717) is 0 Å². The zero-order valence-corrected chi connectivity index (χ0v) is 8.81. The molecule has 14 heavy (non-hydrogen) atoms. The van der Waals surface area contributed by atoms with Gasteiger partial charge < -0.3 is 5.11 Å². The standard InChI is InChI=1S/C8H8ClFO3S/c1-5(10)6-2-3-7(11)8(4-6)14(9,12)13/h2-5,11H,1H3. The van der Waals surface area contributed by atoms with Gasteiger partial charge in [0, 0.05) is 10.7 Å². The van der Waals surface area contributed by atoms with Crippen LogP contribution >= 0.6 is 10.7 Å². The Labute approximate surface area is 85.6 Å². The summed E-state index contributed by atoms with van der Waals surface area (Å²) in [5, 5.41) is 9.17. The minimum absolute atomic E-state index is 0.155. The van der Waals surface area contributed by atoms with Gasteiger partial charge in [0.05, 0.1) is 0 Å². The SMILES string of the molecule is CC(F)c1ccc(O)c(S(=O)(=O)Cl)c1. The number of hydrogen-bond donors (Lipinski definition) is 1. The second-order valence-corrected chi connectivity index (χ2v) is 5.32. The molecule has 0 aromatic heterocycles. The van der Waals surface area contributed by atoms with Gasteiger partial charge in [0.1, 0.15) is 16.8 Å². The summed E-state index contributed by atoms with van der Waals surface area (Å²) in [6.07, 6.45) is -1.31. The molecule has 0 amide bonds. The van der Waals surface area contributed by atoms with Crippen molar-refractivity contribution in [3.63, 3.8) is 0 Å². The maximum Gasteiger partial charge on any atom is 0.264 e. The quantitative estimate of drug-likeness (QED) is 0.805. The van der Waals surface area contributed by atoms with Crippen LogP contribution in [-0.4, -0.2) is 13.5 Å². The van der Waals surface area contributed by atoms with Crippen molar-refractivity contribution in [2.75, 3.05) is 0 Å². The number of phenols is 1. The third-order valence-electron chi connectivity index (χ3n) is 1.71. The van der Waals surface area contributed by atoms with Crippen molar-refractivity contribution in [3.8, 4) is 5.75 Å². The van der Waals surface area contributed by atoms with Crippen LogP contribution in [0, 0.1) is 0 Å². The van der Waals surface area contributed by atoms with Crippen LogP contribution in [0.25, 0.3) is 0 Å². The van der Waals surface area contributed by atoms with E-state index in [4.69, 9.17) is 15.8 Å². The predicted molar refractivity (Wildman–Crippen MR) is 50.7 cm³/mol. The molecule has 0 spiro atoms. The molecule has 0 radical (unpaired) electrons. The summed E-state index contributed by atoms with van der Waals surface area (Å²) in [6.45, 7) is 1.26. The van der Waals surface area contributed by atoms with E-state index in [1.807, 2.05) is 0 Å². The fourth-order valence-electron chi connectivity index (χ4n) is 0.973. The van der Waals surface area contributed by atoms with Gasteiger partial charge >= 0.3 is 0 Å². The van der Waals surface area contributed by atoms with Crippen LogP contribution in [0.3, 0.4) is 0 Å². The average Bonchev–Trinajstić information content (AvgIpc) is 2.02. The second-order valence-electron chi connectivity index (χ2n) is 2.78. The molecular formula is C8H8ClFO3S. The monoisotopic (exact) mass is 238 g/mol. The lowest BCUT2D eigenvalue weighted by Gasteiger charge is -2.05. The van der Waals surface area contributed by atoms with Crippen molar-refractivity contribution in [1.29, 1.82) is 0 Å². The normalized spacial score (nSPS) is 13.9. The Morgan fingerprint density at radius 1 is 1.50 bits per heavy atom. The van der Waals surface area contributed by atoms with E-state index >= 15 is 0 Å². The second kappa shape index (κ2) is 3.74. The molecule has 0 aliphatic rings. The largest absolute Gasteiger partial charge is 0.507 e. The smallest absolute Gasteiger partial charge is 0.264 e. The minimum atomic E-state index is -4.03. The molecule has 0 saturated heterocycles. The molecule has 3 nitrogen and oxygen atoms in total. The molecule has 78 valence electrons. The van der Waals surface area contributed by atoms with E-state index in [1.165, 1.54) is 13.0 Å². The summed E-state index contributed by atoms with van der Waals surface area (Å²) < 4.78 is 34.6. The summed E-state index contributed by atoms with van der Waals surface area (Å²) in [7, 11) is 0.996. The van der Waals surface area contributed by atoms with E-state index in [2.05, 4.69) is 0 Å². The van der Waals surface area contributed by atoms with Gasteiger partial charge in [-0.05, 0) is 24.6 Å². The maximum atomic E-state index is 12.8. The highest BCUT2D eigenvalue weighted by atomic mass is 35.7. The van der Waals surface area contributed by atoms with E-state index in [-0.39, 0.29) is 5.56 Å². The summed E-state index contributed by atoms with van der Waals surface area (Å²) in [5.41, 5.74) is 0.155. The van der Waals surface area contributed by atoms with Crippen LogP contribution in [0.2, 0.25) is 0 Å². The van der Waals surface area contributed by atoms with Gasteiger partial charge in [-0.25, -0.2) is 12.8 Å². The number of phenolic OH excluding ortho intramolecular Hbond substituents is 1. The lowest BCUT2D eigenvalue weighted by molar-refractivity contribution is 0.372. The van der Waals surface area contributed by atoms with Crippen molar-refractivity contribution in [1.82, 2.24) is 0 Å². The lowest BCUT2D eigenvalue weighted by atomic mass is 10.1. The summed E-state index contributed by atoms with van der Waals surface area (Å²) in [4.78, 5) is -0.471. The van der Waals surface area contributed by atoms with Gasteiger partial charge in [-0.3, -0.25) is 0 Å². The topological polar surface area (TPSA) is 54.4 Å². The number of rotatable bonds is 2. The fraction of sp³-hybridized carbons (Fsp3) is 0.250. The molecule has 1 rings (SSSR count). The minimum Gasteiger partial charge on any atom is -0.507 e. The Balaban J connectivity index is 3.37. The van der Waals surface area contributed by atoms with Crippen LogP contribution in [0.5, 0.6) is 5.75 Å². The third-order valence-corrected chi connectivity index (χ3v) is 3.06. The molecule has 1 aromatic carbocycles. The zero-order valence-electron chi connectivity index (χ0n) is 7.24. The molecule has 0 saturated carbocycles. The molecule has 1 atom stereocenters. The Morgan fingerprint density at radius 2 is 2.07 bits per heavy atom. The Bertz CT molecular complexity index is 442. The summed E-state index contributed by atoms with van der Waals surface area (Å²) in [5.74, 6) is -0.482. The van der Waals surface area contributed by atoms with Crippen molar-refractivity contribution in [2.24, 2.45) is 0 Å². The van der Waals surface area contributed by atoms with Gasteiger partial charge in [0.25, 0.3) is 9.05 Å². The Kier molecular flexibility index (Phi) is 3.01. The lowest BCUT2D eigenvalue weighted by Crippen LogP contribution is -1.94. The number of alkyl halides is 1. The maximum absolute atomic E-state index is 12.8. The van der Waals surface area contributed by atoms with Crippen molar-refractivity contribution < 1.29 is 17.9 Å². The number of benzene rings is 1. The van der Waals surface area contributed by atoms with Crippen molar-refractivity contribution in [2.45, 2.75) is 18.0 Å².